The number of nitrogens with one attached hydrogen (secondary N) is 1. The molecular weight excluding hydrogens is 229 g/mol. The summed E-state index contributed by atoms with van der Waals surface area (Å²) in [6.45, 7) is 1.78. The van der Waals surface area contributed by atoms with E-state index in [0.29, 0.717) is 6.42 Å². The highest BCUT2D eigenvalue weighted by Gasteiger charge is 2.10. The molecule has 0 aliphatic heterocycles. The molecule has 16 heavy (non-hydrogen) atoms. The SMILES string of the molecule is C#CCC(C)NC(=O)c1ccc(Cl)c(F)c1. The van der Waals surface area contributed by atoms with Crippen molar-refractivity contribution in [1.82, 2.24) is 5.32 Å². The van der Waals surface area contributed by atoms with Gasteiger partial charge in [-0.3, -0.25) is 4.79 Å². The number of halogens is 2. The third-order valence-electron chi connectivity index (χ3n) is 1.98. The molecule has 0 aliphatic carbocycles. The largest absolute Gasteiger partial charge is 0.349 e. The molecule has 4 heteroatoms. The lowest BCUT2D eigenvalue weighted by atomic mass is 10.2. The van der Waals surface area contributed by atoms with E-state index >= 15 is 0 Å². The highest BCUT2D eigenvalue weighted by Crippen LogP contribution is 2.15. The lowest BCUT2D eigenvalue weighted by Crippen LogP contribution is -2.32. The van der Waals surface area contributed by atoms with E-state index in [0.717, 1.165) is 6.07 Å². The van der Waals surface area contributed by atoms with Gasteiger partial charge in [0.1, 0.15) is 5.82 Å². The van der Waals surface area contributed by atoms with Crippen molar-refractivity contribution in [3.05, 3.63) is 34.6 Å². The number of amides is 1. The molecule has 1 aromatic carbocycles. The Morgan fingerprint density at radius 2 is 2.38 bits per heavy atom. The molecule has 0 bridgehead atoms. The normalized spacial score (nSPS) is 11.6. The van der Waals surface area contributed by atoms with Crippen molar-refractivity contribution in [3.8, 4) is 12.3 Å². The highest BCUT2D eigenvalue weighted by molar-refractivity contribution is 6.30. The van der Waals surface area contributed by atoms with Gasteiger partial charge < -0.3 is 5.32 Å². The molecule has 0 radical (unpaired) electrons. The average Bonchev–Trinajstić information content (AvgIpc) is 2.22. The highest BCUT2D eigenvalue weighted by atomic mass is 35.5. The zero-order valence-corrected chi connectivity index (χ0v) is 9.51. The first-order valence-corrected chi connectivity index (χ1v) is 5.11. The minimum Gasteiger partial charge on any atom is -0.349 e. The molecule has 0 aromatic heterocycles. The number of rotatable bonds is 3. The third kappa shape index (κ3) is 3.25. The Morgan fingerprint density at radius 3 is 2.94 bits per heavy atom. The van der Waals surface area contributed by atoms with Crippen molar-refractivity contribution in [2.24, 2.45) is 0 Å². The van der Waals surface area contributed by atoms with Gasteiger partial charge in [-0.2, -0.15) is 0 Å². The molecule has 0 spiro atoms. The van der Waals surface area contributed by atoms with Crippen LogP contribution in [-0.2, 0) is 0 Å². The topological polar surface area (TPSA) is 29.1 Å². The summed E-state index contributed by atoms with van der Waals surface area (Å²) in [4.78, 5) is 11.6. The molecule has 0 saturated carbocycles. The van der Waals surface area contributed by atoms with Gasteiger partial charge in [0.25, 0.3) is 5.91 Å². The van der Waals surface area contributed by atoms with E-state index in [9.17, 15) is 9.18 Å². The molecule has 84 valence electrons. The van der Waals surface area contributed by atoms with Gasteiger partial charge in [-0.15, -0.1) is 12.3 Å². The van der Waals surface area contributed by atoms with Crippen LogP contribution in [0.25, 0.3) is 0 Å². The van der Waals surface area contributed by atoms with E-state index in [-0.39, 0.29) is 22.5 Å². The number of hydrogen-bond donors (Lipinski definition) is 1. The molecule has 1 atom stereocenters. The smallest absolute Gasteiger partial charge is 0.251 e. The molecule has 2 nitrogen and oxygen atoms in total. The standard InChI is InChI=1S/C12H11ClFNO/c1-3-4-8(2)15-12(16)9-5-6-10(13)11(14)7-9/h1,5-8H,4H2,2H3,(H,15,16). The Bertz CT molecular complexity index is 439. The first kappa shape index (κ1) is 12.5. The predicted octanol–water partition coefficient (Wildman–Crippen LogP) is 2.62. The summed E-state index contributed by atoms with van der Waals surface area (Å²) in [6.07, 6.45) is 5.54. The lowest BCUT2D eigenvalue weighted by molar-refractivity contribution is 0.0940. The van der Waals surface area contributed by atoms with E-state index in [2.05, 4.69) is 11.2 Å². The fourth-order valence-corrected chi connectivity index (χ4v) is 1.29. The van der Waals surface area contributed by atoms with Gasteiger partial charge in [0.15, 0.2) is 0 Å². The van der Waals surface area contributed by atoms with Crippen LogP contribution in [0.4, 0.5) is 4.39 Å². The van der Waals surface area contributed by atoms with Crippen molar-refractivity contribution < 1.29 is 9.18 Å². The molecule has 0 fully saturated rings. The third-order valence-corrected chi connectivity index (χ3v) is 2.29. The van der Waals surface area contributed by atoms with Crippen molar-refractivity contribution in [3.63, 3.8) is 0 Å². The Balaban J connectivity index is 2.74. The number of carbonyl (C=O) groups is 1. The summed E-state index contributed by atoms with van der Waals surface area (Å²) in [5.41, 5.74) is 0.228. The molecule has 0 aliphatic rings. The summed E-state index contributed by atoms with van der Waals surface area (Å²) < 4.78 is 13.1. The second-order valence-electron chi connectivity index (χ2n) is 3.41. The Kier molecular flexibility index (Phi) is 4.33. The zero-order chi connectivity index (χ0) is 12.1. The van der Waals surface area contributed by atoms with Crippen LogP contribution in [-0.4, -0.2) is 11.9 Å². The molecule has 1 N–H and O–H groups in total. The summed E-state index contributed by atoms with van der Waals surface area (Å²) in [5.74, 6) is 1.46. The first-order chi connectivity index (χ1) is 7.54. The van der Waals surface area contributed by atoms with Crippen LogP contribution in [0.3, 0.4) is 0 Å². The minimum atomic E-state index is -0.612. The molecule has 0 saturated heterocycles. The maximum atomic E-state index is 13.1. The fourth-order valence-electron chi connectivity index (χ4n) is 1.17. The summed E-state index contributed by atoms with van der Waals surface area (Å²) in [5, 5.41) is 2.65. The molecule has 1 aromatic rings. The van der Waals surface area contributed by atoms with Crippen LogP contribution in [0.15, 0.2) is 18.2 Å². The van der Waals surface area contributed by atoms with Gasteiger partial charge in [0.05, 0.1) is 5.02 Å². The van der Waals surface area contributed by atoms with Crippen molar-refractivity contribution in [1.29, 1.82) is 0 Å². The van der Waals surface area contributed by atoms with Crippen LogP contribution >= 0.6 is 11.6 Å². The maximum absolute atomic E-state index is 13.1. The monoisotopic (exact) mass is 239 g/mol. The van der Waals surface area contributed by atoms with Crippen molar-refractivity contribution in [2.75, 3.05) is 0 Å². The van der Waals surface area contributed by atoms with Crippen LogP contribution in [0.1, 0.15) is 23.7 Å². The second-order valence-corrected chi connectivity index (χ2v) is 3.82. The zero-order valence-electron chi connectivity index (χ0n) is 8.76. The summed E-state index contributed by atoms with van der Waals surface area (Å²) in [7, 11) is 0. The van der Waals surface area contributed by atoms with Gasteiger partial charge in [0, 0.05) is 18.0 Å². The van der Waals surface area contributed by atoms with E-state index in [1.54, 1.807) is 6.92 Å². The quantitative estimate of drug-likeness (QED) is 0.808. The summed E-state index contributed by atoms with van der Waals surface area (Å²) >= 11 is 5.51. The van der Waals surface area contributed by atoms with E-state index < -0.39 is 5.82 Å². The number of benzene rings is 1. The number of hydrogen-bond acceptors (Lipinski definition) is 1. The predicted molar refractivity (Wildman–Crippen MR) is 61.8 cm³/mol. The second kappa shape index (κ2) is 5.53. The van der Waals surface area contributed by atoms with Gasteiger partial charge in [0.2, 0.25) is 0 Å². The van der Waals surface area contributed by atoms with E-state index in [1.807, 2.05) is 0 Å². The molecule has 0 heterocycles. The Labute approximate surface area is 98.8 Å². The first-order valence-electron chi connectivity index (χ1n) is 4.74. The molecule has 1 rings (SSSR count). The number of terminal acetylenes is 1. The van der Waals surface area contributed by atoms with Gasteiger partial charge in [-0.1, -0.05) is 11.6 Å². The van der Waals surface area contributed by atoms with E-state index in [1.165, 1.54) is 12.1 Å². The minimum absolute atomic E-state index is 0.00627. The lowest BCUT2D eigenvalue weighted by Gasteiger charge is -2.10. The van der Waals surface area contributed by atoms with Crippen LogP contribution in [0.5, 0.6) is 0 Å². The van der Waals surface area contributed by atoms with Crippen LogP contribution < -0.4 is 5.32 Å². The Morgan fingerprint density at radius 1 is 1.69 bits per heavy atom. The van der Waals surface area contributed by atoms with Crippen molar-refractivity contribution >= 4 is 17.5 Å². The van der Waals surface area contributed by atoms with Gasteiger partial charge >= 0.3 is 0 Å². The molecule has 1 amide bonds. The van der Waals surface area contributed by atoms with Crippen LogP contribution in [0.2, 0.25) is 5.02 Å². The maximum Gasteiger partial charge on any atom is 0.251 e. The van der Waals surface area contributed by atoms with E-state index in [4.69, 9.17) is 18.0 Å². The number of carbonyl (C=O) groups excluding carboxylic acids is 1. The Hall–Kier alpha value is -1.53. The molecule has 1 unspecified atom stereocenters. The van der Waals surface area contributed by atoms with Gasteiger partial charge in [-0.25, -0.2) is 4.39 Å². The fraction of sp³-hybridized carbons (Fsp3) is 0.250. The van der Waals surface area contributed by atoms with Crippen LogP contribution in [0, 0.1) is 18.2 Å². The van der Waals surface area contributed by atoms with Gasteiger partial charge in [-0.05, 0) is 25.1 Å². The molecular formula is C12H11ClFNO. The van der Waals surface area contributed by atoms with Crippen molar-refractivity contribution in [2.45, 2.75) is 19.4 Å². The average molecular weight is 240 g/mol. The summed E-state index contributed by atoms with van der Waals surface area (Å²) in [6, 6.07) is 3.76.